The Morgan fingerprint density at radius 2 is 1.62 bits per heavy atom. The second-order valence-electron chi connectivity index (χ2n) is 6.45. The van der Waals surface area contributed by atoms with Crippen LogP contribution in [0.4, 0.5) is 23.1 Å². The molecule has 3 aromatic rings. The van der Waals surface area contributed by atoms with Gasteiger partial charge in [-0.05, 0) is 57.0 Å². The van der Waals surface area contributed by atoms with E-state index in [9.17, 15) is 0 Å². The van der Waals surface area contributed by atoms with E-state index < -0.39 is 0 Å². The molecule has 0 fully saturated rings. The molecule has 0 saturated heterocycles. The van der Waals surface area contributed by atoms with Gasteiger partial charge in [0, 0.05) is 11.9 Å². The molecule has 0 radical (unpaired) electrons. The molecule has 5 nitrogen and oxygen atoms in total. The van der Waals surface area contributed by atoms with Gasteiger partial charge >= 0.3 is 0 Å². The molecule has 0 saturated carbocycles. The smallest absolute Gasteiger partial charge is 0.229 e. The Kier molecular flexibility index (Phi) is 5.37. The summed E-state index contributed by atoms with van der Waals surface area (Å²) in [5.74, 6) is 2.05. The average molecular weight is 348 g/mol. The van der Waals surface area contributed by atoms with Crippen molar-refractivity contribution in [2.24, 2.45) is 0 Å². The van der Waals surface area contributed by atoms with Gasteiger partial charge in [-0.3, -0.25) is 0 Å². The summed E-state index contributed by atoms with van der Waals surface area (Å²) in [4.78, 5) is 8.91. The second-order valence-corrected chi connectivity index (χ2v) is 6.45. The van der Waals surface area contributed by atoms with Crippen molar-refractivity contribution in [2.45, 2.75) is 33.8 Å². The predicted octanol–water partition coefficient (Wildman–Crippen LogP) is 5.37. The molecule has 0 spiro atoms. The number of rotatable bonds is 6. The van der Waals surface area contributed by atoms with Crippen LogP contribution in [0, 0.1) is 13.8 Å². The van der Waals surface area contributed by atoms with E-state index in [2.05, 4.69) is 46.6 Å². The summed E-state index contributed by atoms with van der Waals surface area (Å²) in [5, 5.41) is 6.64. The minimum absolute atomic E-state index is 0.101. The number of aryl methyl sites for hydroxylation is 2. The average Bonchev–Trinajstić information content (AvgIpc) is 2.60. The van der Waals surface area contributed by atoms with Crippen molar-refractivity contribution in [3.05, 3.63) is 65.9 Å². The molecule has 0 aliphatic carbocycles. The van der Waals surface area contributed by atoms with E-state index in [0.717, 1.165) is 28.3 Å². The SMILES string of the molecule is Cc1cccc(C)c1Nc1nccc(Nc2ccccc2OC(C)C)n1. The van der Waals surface area contributed by atoms with Crippen LogP contribution in [-0.4, -0.2) is 16.1 Å². The summed E-state index contributed by atoms with van der Waals surface area (Å²) in [6.07, 6.45) is 1.83. The largest absolute Gasteiger partial charge is 0.489 e. The number of nitrogens with one attached hydrogen (secondary N) is 2. The number of aromatic nitrogens is 2. The predicted molar refractivity (Wildman–Crippen MR) is 107 cm³/mol. The van der Waals surface area contributed by atoms with Crippen LogP contribution in [0.5, 0.6) is 5.75 Å². The summed E-state index contributed by atoms with van der Waals surface area (Å²) >= 11 is 0. The maximum atomic E-state index is 5.85. The first-order chi connectivity index (χ1) is 12.5. The Morgan fingerprint density at radius 3 is 2.35 bits per heavy atom. The molecule has 5 heteroatoms. The lowest BCUT2D eigenvalue weighted by atomic mass is 10.1. The third-order valence-corrected chi connectivity index (χ3v) is 3.89. The molecular formula is C21H24N4O. The minimum Gasteiger partial charge on any atom is -0.489 e. The fraction of sp³-hybridized carbons (Fsp3) is 0.238. The summed E-state index contributed by atoms with van der Waals surface area (Å²) < 4.78 is 5.85. The molecular weight excluding hydrogens is 324 g/mol. The van der Waals surface area contributed by atoms with Crippen LogP contribution in [0.2, 0.25) is 0 Å². The Balaban J connectivity index is 1.83. The van der Waals surface area contributed by atoms with Crippen molar-refractivity contribution >= 4 is 23.1 Å². The number of hydrogen-bond acceptors (Lipinski definition) is 5. The lowest BCUT2D eigenvalue weighted by Gasteiger charge is -2.16. The molecule has 0 aliphatic rings. The molecule has 1 heterocycles. The quantitative estimate of drug-likeness (QED) is 0.627. The number of nitrogens with zero attached hydrogens (tertiary/aromatic N) is 2. The molecule has 1 aromatic heterocycles. The van der Waals surface area contributed by atoms with E-state index in [1.807, 2.05) is 50.2 Å². The molecule has 2 aromatic carbocycles. The highest BCUT2D eigenvalue weighted by Crippen LogP contribution is 2.28. The Bertz CT molecular complexity index is 872. The topological polar surface area (TPSA) is 59.1 Å². The van der Waals surface area contributed by atoms with Crippen molar-refractivity contribution in [2.75, 3.05) is 10.6 Å². The summed E-state index contributed by atoms with van der Waals surface area (Å²) in [5.41, 5.74) is 4.22. The molecule has 0 bridgehead atoms. The van der Waals surface area contributed by atoms with Gasteiger partial charge < -0.3 is 15.4 Å². The van der Waals surface area contributed by atoms with E-state index in [0.29, 0.717) is 11.8 Å². The fourth-order valence-corrected chi connectivity index (χ4v) is 2.68. The zero-order chi connectivity index (χ0) is 18.5. The maximum absolute atomic E-state index is 5.85. The van der Waals surface area contributed by atoms with Crippen molar-refractivity contribution in [1.29, 1.82) is 0 Å². The van der Waals surface area contributed by atoms with Crippen LogP contribution >= 0.6 is 0 Å². The Labute approximate surface area is 154 Å². The summed E-state index contributed by atoms with van der Waals surface area (Å²) in [6, 6.07) is 15.8. The van der Waals surface area contributed by atoms with E-state index in [1.165, 1.54) is 0 Å². The van der Waals surface area contributed by atoms with Gasteiger partial charge in [0.25, 0.3) is 0 Å². The van der Waals surface area contributed by atoms with E-state index >= 15 is 0 Å². The lowest BCUT2D eigenvalue weighted by molar-refractivity contribution is 0.244. The van der Waals surface area contributed by atoms with Gasteiger partial charge in [-0.15, -0.1) is 0 Å². The zero-order valence-electron chi connectivity index (χ0n) is 15.6. The van der Waals surface area contributed by atoms with E-state index in [1.54, 1.807) is 6.20 Å². The Hall–Kier alpha value is -3.08. The van der Waals surface area contributed by atoms with Gasteiger partial charge in [0.1, 0.15) is 11.6 Å². The van der Waals surface area contributed by atoms with Gasteiger partial charge in [-0.25, -0.2) is 4.98 Å². The highest BCUT2D eigenvalue weighted by Gasteiger charge is 2.08. The molecule has 134 valence electrons. The molecule has 3 rings (SSSR count). The van der Waals surface area contributed by atoms with Crippen molar-refractivity contribution in [1.82, 2.24) is 9.97 Å². The van der Waals surface area contributed by atoms with Crippen LogP contribution in [-0.2, 0) is 0 Å². The molecule has 26 heavy (non-hydrogen) atoms. The number of ether oxygens (including phenoxy) is 1. The van der Waals surface area contributed by atoms with Crippen LogP contribution in [0.15, 0.2) is 54.7 Å². The first-order valence-electron chi connectivity index (χ1n) is 8.72. The summed E-state index contributed by atoms with van der Waals surface area (Å²) in [7, 11) is 0. The van der Waals surface area contributed by atoms with Crippen molar-refractivity contribution < 1.29 is 4.74 Å². The maximum Gasteiger partial charge on any atom is 0.229 e. The Morgan fingerprint density at radius 1 is 0.885 bits per heavy atom. The second kappa shape index (κ2) is 7.87. The molecule has 0 aliphatic heterocycles. The first-order valence-corrected chi connectivity index (χ1v) is 8.72. The van der Waals surface area contributed by atoms with E-state index in [4.69, 9.17) is 4.74 Å². The van der Waals surface area contributed by atoms with Crippen LogP contribution in [0.3, 0.4) is 0 Å². The zero-order valence-corrected chi connectivity index (χ0v) is 15.6. The lowest BCUT2D eigenvalue weighted by Crippen LogP contribution is -2.08. The first kappa shape index (κ1) is 17.7. The third kappa shape index (κ3) is 4.30. The molecule has 0 unspecified atom stereocenters. The third-order valence-electron chi connectivity index (χ3n) is 3.89. The monoisotopic (exact) mass is 348 g/mol. The van der Waals surface area contributed by atoms with Crippen molar-refractivity contribution in [3.63, 3.8) is 0 Å². The van der Waals surface area contributed by atoms with Crippen LogP contribution in [0.25, 0.3) is 0 Å². The summed E-state index contributed by atoms with van der Waals surface area (Å²) in [6.45, 7) is 8.15. The fourth-order valence-electron chi connectivity index (χ4n) is 2.68. The van der Waals surface area contributed by atoms with Gasteiger partial charge in [0.2, 0.25) is 5.95 Å². The van der Waals surface area contributed by atoms with Crippen LogP contribution < -0.4 is 15.4 Å². The van der Waals surface area contributed by atoms with E-state index in [-0.39, 0.29) is 6.10 Å². The van der Waals surface area contributed by atoms with Crippen LogP contribution in [0.1, 0.15) is 25.0 Å². The highest BCUT2D eigenvalue weighted by atomic mass is 16.5. The minimum atomic E-state index is 0.101. The molecule has 2 N–H and O–H groups in total. The van der Waals surface area contributed by atoms with Crippen molar-refractivity contribution in [3.8, 4) is 5.75 Å². The number of para-hydroxylation sites is 3. The van der Waals surface area contributed by atoms with Gasteiger partial charge in [0.05, 0.1) is 11.8 Å². The number of benzene rings is 2. The van der Waals surface area contributed by atoms with Gasteiger partial charge in [-0.2, -0.15) is 4.98 Å². The number of hydrogen-bond donors (Lipinski definition) is 2. The molecule has 0 atom stereocenters. The normalized spacial score (nSPS) is 10.7. The van der Waals surface area contributed by atoms with Gasteiger partial charge in [0.15, 0.2) is 0 Å². The highest BCUT2D eigenvalue weighted by molar-refractivity contribution is 5.66. The van der Waals surface area contributed by atoms with Gasteiger partial charge in [-0.1, -0.05) is 30.3 Å². The standard InChI is InChI=1S/C21H24N4O/c1-14(2)26-18-11-6-5-10-17(18)23-19-12-13-22-21(24-19)25-20-15(3)8-7-9-16(20)4/h5-14H,1-4H3,(H2,22,23,24,25). The number of anilines is 4. The molecule has 0 amide bonds.